The van der Waals surface area contributed by atoms with E-state index in [0.717, 1.165) is 0 Å². The van der Waals surface area contributed by atoms with Gasteiger partial charge in [0.25, 0.3) is 0 Å². The quantitative estimate of drug-likeness (QED) is 0.545. The van der Waals surface area contributed by atoms with Crippen molar-refractivity contribution in [2.24, 2.45) is 0 Å². The van der Waals surface area contributed by atoms with E-state index in [0.29, 0.717) is 9.26 Å². The van der Waals surface area contributed by atoms with Gasteiger partial charge in [-0.3, -0.25) is 0 Å². The van der Waals surface area contributed by atoms with Crippen LogP contribution in [0.15, 0.2) is 30.9 Å². The zero-order chi connectivity index (χ0) is 14.4. The Morgan fingerprint density at radius 1 is 1.53 bits per heavy atom. The number of hydrogen-bond donors (Lipinski definition) is 3. The first kappa shape index (κ1) is 15.4. The van der Waals surface area contributed by atoms with Crippen LogP contribution in [-0.2, 0) is 4.79 Å². The van der Waals surface area contributed by atoms with E-state index in [1.54, 1.807) is 0 Å². The Kier molecular flexibility index (Phi) is 5.74. The van der Waals surface area contributed by atoms with Crippen molar-refractivity contribution >= 4 is 40.3 Å². The van der Waals surface area contributed by atoms with Gasteiger partial charge in [0.15, 0.2) is 0 Å². The molecule has 0 saturated carbocycles. The number of nitrogens with one attached hydrogen (secondary N) is 2. The maximum atomic E-state index is 12.9. The monoisotopic (exact) mass is 378 g/mol. The Morgan fingerprint density at radius 3 is 2.74 bits per heavy atom. The second kappa shape index (κ2) is 7.07. The lowest BCUT2D eigenvalue weighted by atomic mass is 10.2. The molecular weight excluding hydrogens is 366 g/mol. The van der Waals surface area contributed by atoms with E-state index in [2.05, 4.69) is 17.2 Å². The van der Waals surface area contributed by atoms with E-state index in [4.69, 9.17) is 5.11 Å². The summed E-state index contributed by atoms with van der Waals surface area (Å²) in [6.07, 6.45) is 1.52. The standard InChI is InChI=1S/C12H12FIN2O3/c1-2-3-10(11(17)18)16-12(19)15-9-5-4-7(13)6-8(9)14/h2,4-6,10H,1,3H2,(H,17,18)(H2,15,16,19). The Bertz CT molecular complexity index is 508. The minimum absolute atomic E-state index is 0.114. The lowest BCUT2D eigenvalue weighted by molar-refractivity contribution is -0.139. The number of benzene rings is 1. The van der Waals surface area contributed by atoms with Gasteiger partial charge in [0.1, 0.15) is 11.9 Å². The van der Waals surface area contributed by atoms with Crippen LogP contribution < -0.4 is 10.6 Å². The van der Waals surface area contributed by atoms with E-state index < -0.39 is 23.9 Å². The number of amides is 2. The summed E-state index contributed by atoms with van der Waals surface area (Å²) < 4.78 is 13.4. The third-order valence-corrected chi connectivity index (χ3v) is 3.08. The number of carbonyl (C=O) groups is 2. The van der Waals surface area contributed by atoms with E-state index in [1.807, 2.05) is 22.6 Å². The maximum Gasteiger partial charge on any atom is 0.326 e. The van der Waals surface area contributed by atoms with Crippen molar-refractivity contribution < 1.29 is 19.1 Å². The largest absolute Gasteiger partial charge is 0.480 e. The Balaban J connectivity index is 2.68. The van der Waals surface area contributed by atoms with Gasteiger partial charge in [-0.15, -0.1) is 6.58 Å². The average molecular weight is 378 g/mol. The molecule has 1 rings (SSSR count). The SMILES string of the molecule is C=CCC(NC(=O)Nc1ccc(F)cc1I)C(=O)O. The number of aliphatic carboxylic acids is 1. The molecule has 102 valence electrons. The van der Waals surface area contributed by atoms with Crippen LogP contribution >= 0.6 is 22.6 Å². The first-order valence-corrected chi connectivity index (χ1v) is 6.38. The van der Waals surface area contributed by atoms with Crippen LogP contribution in [0.5, 0.6) is 0 Å². The minimum atomic E-state index is -1.15. The molecule has 5 nitrogen and oxygen atoms in total. The van der Waals surface area contributed by atoms with Gasteiger partial charge >= 0.3 is 12.0 Å². The highest BCUT2D eigenvalue weighted by atomic mass is 127. The molecule has 0 aliphatic heterocycles. The zero-order valence-corrected chi connectivity index (χ0v) is 12.0. The van der Waals surface area contributed by atoms with Crippen molar-refractivity contribution in [1.29, 1.82) is 0 Å². The first-order valence-electron chi connectivity index (χ1n) is 5.30. The van der Waals surface area contributed by atoms with Crippen molar-refractivity contribution in [3.63, 3.8) is 0 Å². The van der Waals surface area contributed by atoms with E-state index >= 15 is 0 Å². The predicted molar refractivity (Wildman–Crippen MR) is 77.5 cm³/mol. The Labute approximate surface area is 123 Å². The molecule has 0 bridgehead atoms. The molecule has 0 aliphatic carbocycles. The van der Waals surface area contributed by atoms with Crippen molar-refractivity contribution in [3.05, 3.63) is 40.2 Å². The van der Waals surface area contributed by atoms with Crippen LogP contribution in [0.25, 0.3) is 0 Å². The summed E-state index contributed by atoms with van der Waals surface area (Å²) in [4.78, 5) is 22.5. The second-order valence-corrected chi connectivity index (χ2v) is 4.80. The molecule has 0 spiro atoms. The number of carboxylic acid groups (broad SMARTS) is 1. The number of carbonyl (C=O) groups excluding carboxylic acids is 1. The highest BCUT2D eigenvalue weighted by Crippen LogP contribution is 2.18. The van der Waals surface area contributed by atoms with E-state index in [9.17, 15) is 14.0 Å². The summed E-state index contributed by atoms with van der Waals surface area (Å²) >= 11 is 1.87. The third kappa shape index (κ3) is 4.86. The van der Waals surface area contributed by atoms with Crippen molar-refractivity contribution in [2.45, 2.75) is 12.5 Å². The Hall–Kier alpha value is -1.64. The highest BCUT2D eigenvalue weighted by Gasteiger charge is 2.18. The fraction of sp³-hybridized carbons (Fsp3) is 0.167. The highest BCUT2D eigenvalue weighted by molar-refractivity contribution is 14.1. The summed E-state index contributed by atoms with van der Waals surface area (Å²) in [5.74, 6) is -1.56. The van der Waals surface area contributed by atoms with Gasteiger partial charge in [-0.2, -0.15) is 0 Å². The summed E-state index contributed by atoms with van der Waals surface area (Å²) in [6, 6.07) is 2.15. The smallest absolute Gasteiger partial charge is 0.326 e. The number of carboxylic acids is 1. The van der Waals surface area contributed by atoms with E-state index in [-0.39, 0.29) is 6.42 Å². The topological polar surface area (TPSA) is 78.4 Å². The first-order chi connectivity index (χ1) is 8.93. The summed E-state index contributed by atoms with van der Waals surface area (Å²) in [6.45, 7) is 3.42. The van der Waals surface area contributed by atoms with Gasteiger partial charge in [0, 0.05) is 3.57 Å². The lowest BCUT2D eigenvalue weighted by Gasteiger charge is -2.14. The molecule has 1 atom stereocenters. The van der Waals surface area contributed by atoms with Gasteiger partial charge in [-0.1, -0.05) is 6.08 Å². The molecule has 0 saturated heterocycles. The second-order valence-electron chi connectivity index (χ2n) is 3.64. The van der Waals surface area contributed by atoms with Gasteiger partial charge in [0.2, 0.25) is 0 Å². The van der Waals surface area contributed by atoms with Crippen molar-refractivity contribution in [2.75, 3.05) is 5.32 Å². The minimum Gasteiger partial charge on any atom is -0.480 e. The maximum absolute atomic E-state index is 12.9. The zero-order valence-electron chi connectivity index (χ0n) is 9.82. The molecule has 7 heteroatoms. The van der Waals surface area contributed by atoms with Crippen LogP contribution in [0, 0.1) is 9.39 Å². The molecule has 1 aromatic rings. The molecule has 1 unspecified atom stereocenters. The van der Waals surface area contributed by atoms with Gasteiger partial charge in [-0.25, -0.2) is 14.0 Å². The number of anilines is 1. The fourth-order valence-corrected chi connectivity index (χ4v) is 1.91. The summed E-state index contributed by atoms with van der Waals surface area (Å²) in [5.41, 5.74) is 0.405. The molecule has 1 aromatic carbocycles. The van der Waals surface area contributed by atoms with Crippen LogP contribution in [-0.4, -0.2) is 23.1 Å². The summed E-state index contributed by atoms with van der Waals surface area (Å²) in [5, 5.41) is 13.6. The predicted octanol–water partition coefficient (Wildman–Crippen LogP) is 2.58. The molecule has 3 N–H and O–H groups in total. The molecule has 0 radical (unpaired) electrons. The van der Waals surface area contributed by atoms with Crippen LogP contribution in [0.3, 0.4) is 0 Å². The lowest BCUT2D eigenvalue weighted by Crippen LogP contribution is -2.42. The molecule has 0 aliphatic rings. The van der Waals surface area contributed by atoms with Gasteiger partial charge in [-0.05, 0) is 47.2 Å². The number of urea groups is 1. The molecule has 0 heterocycles. The van der Waals surface area contributed by atoms with Crippen LogP contribution in [0.4, 0.5) is 14.9 Å². The van der Waals surface area contributed by atoms with E-state index in [1.165, 1.54) is 24.3 Å². The Morgan fingerprint density at radius 2 is 2.21 bits per heavy atom. The number of rotatable bonds is 5. The van der Waals surface area contributed by atoms with Crippen LogP contribution in [0.1, 0.15) is 6.42 Å². The normalized spacial score (nSPS) is 11.5. The molecular formula is C12H12FIN2O3. The third-order valence-electron chi connectivity index (χ3n) is 2.19. The molecule has 19 heavy (non-hydrogen) atoms. The molecule has 0 aromatic heterocycles. The van der Waals surface area contributed by atoms with Crippen molar-refractivity contribution in [1.82, 2.24) is 5.32 Å². The average Bonchev–Trinajstić information content (AvgIpc) is 2.32. The van der Waals surface area contributed by atoms with Crippen LogP contribution in [0.2, 0.25) is 0 Å². The number of hydrogen-bond acceptors (Lipinski definition) is 2. The van der Waals surface area contributed by atoms with Crippen molar-refractivity contribution in [3.8, 4) is 0 Å². The molecule has 0 fully saturated rings. The number of halogens is 2. The fourth-order valence-electron chi connectivity index (χ4n) is 1.30. The van der Waals surface area contributed by atoms with Gasteiger partial charge < -0.3 is 15.7 Å². The molecule has 2 amide bonds. The van der Waals surface area contributed by atoms with Gasteiger partial charge in [0.05, 0.1) is 5.69 Å². The summed E-state index contributed by atoms with van der Waals surface area (Å²) in [7, 11) is 0.